The Bertz CT molecular complexity index is 971. The average molecular weight is 400 g/mol. The second kappa shape index (κ2) is 9.01. The summed E-state index contributed by atoms with van der Waals surface area (Å²) >= 11 is 1.44. The number of fused-ring (bicyclic) bond motifs is 1. The first-order chi connectivity index (χ1) is 13.6. The Morgan fingerprint density at radius 2 is 2.00 bits per heavy atom. The molecule has 148 valence electrons. The monoisotopic (exact) mass is 399 g/mol. The number of hydrogen-bond acceptors (Lipinski definition) is 5. The number of hydrogen-bond donors (Lipinski definition) is 1. The summed E-state index contributed by atoms with van der Waals surface area (Å²) in [6, 6.07) is 13.4. The summed E-state index contributed by atoms with van der Waals surface area (Å²) in [6.45, 7) is 4.82. The smallest absolute Gasteiger partial charge is 0.230 e. The molecule has 0 saturated heterocycles. The highest BCUT2D eigenvalue weighted by atomic mass is 32.2. The summed E-state index contributed by atoms with van der Waals surface area (Å²) in [5, 5.41) is 3.88. The molecule has 3 rings (SSSR count). The second-order valence-electron chi connectivity index (χ2n) is 6.31. The highest BCUT2D eigenvalue weighted by molar-refractivity contribution is 7.99. The van der Waals surface area contributed by atoms with Crippen molar-refractivity contribution in [2.75, 3.05) is 20.0 Å². The van der Waals surface area contributed by atoms with Gasteiger partial charge in [-0.25, -0.2) is 4.98 Å². The van der Waals surface area contributed by atoms with Gasteiger partial charge in [-0.3, -0.25) is 4.79 Å². The van der Waals surface area contributed by atoms with Crippen molar-refractivity contribution in [2.24, 2.45) is 0 Å². The van der Waals surface area contributed by atoms with Crippen LogP contribution in [0.15, 0.2) is 47.6 Å². The molecule has 7 heteroatoms. The molecule has 0 saturated carbocycles. The number of nitrogens with zero attached hydrogens (tertiary/aromatic N) is 2. The van der Waals surface area contributed by atoms with Gasteiger partial charge < -0.3 is 19.4 Å². The van der Waals surface area contributed by atoms with Gasteiger partial charge in [0.1, 0.15) is 11.5 Å². The van der Waals surface area contributed by atoms with Crippen LogP contribution in [0.1, 0.15) is 25.5 Å². The molecular weight excluding hydrogens is 374 g/mol. The maximum Gasteiger partial charge on any atom is 0.230 e. The molecule has 0 radical (unpaired) electrons. The van der Waals surface area contributed by atoms with E-state index < -0.39 is 0 Å². The molecule has 0 fully saturated rings. The molecule has 1 N–H and O–H groups in total. The van der Waals surface area contributed by atoms with E-state index in [0.29, 0.717) is 11.5 Å². The number of rotatable bonds is 8. The molecule has 1 unspecified atom stereocenters. The predicted molar refractivity (Wildman–Crippen MR) is 112 cm³/mol. The fourth-order valence-electron chi connectivity index (χ4n) is 3.14. The fraction of sp³-hybridized carbons (Fsp3) is 0.333. The SMILES string of the molecule is CCn1c(SCC(=O)NC(C)c2cc(OC)ccc2OC)nc2ccccc21. The first-order valence-electron chi connectivity index (χ1n) is 9.16. The van der Waals surface area contributed by atoms with Crippen LogP contribution in [0, 0.1) is 0 Å². The predicted octanol–water partition coefficient (Wildman–Crippen LogP) is 4.04. The Balaban J connectivity index is 1.68. The number of aryl methyl sites for hydroxylation is 1. The number of para-hydroxylation sites is 2. The van der Waals surface area contributed by atoms with Gasteiger partial charge in [-0.1, -0.05) is 23.9 Å². The van der Waals surface area contributed by atoms with E-state index in [4.69, 9.17) is 9.47 Å². The maximum atomic E-state index is 12.5. The number of nitrogens with one attached hydrogen (secondary N) is 1. The number of methoxy groups -OCH3 is 2. The minimum absolute atomic E-state index is 0.0583. The lowest BCUT2D eigenvalue weighted by Gasteiger charge is -2.18. The summed E-state index contributed by atoms with van der Waals surface area (Å²) in [7, 11) is 3.23. The van der Waals surface area contributed by atoms with Crippen molar-refractivity contribution in [3.63, 3.8) is 0 Å². The highest BCUT2D eigenvalue weighted by Crippen LogP contribution is 2.29. The third-order valence-electron chi connectivity index (χ3n) is 4.55. The van der Waals surface area contributed by atoms with Gasteiger partial charge >= 0.3 is 0 Å². The van der Waals surface area contributed by atoms with Gasteiger partial charge in [0.2, 0.25) is 5.91 Å². The van der Waals surface area contributed by atoms with Crippen molar-refractivity contribution in [2.45, 2.75) is 31.6 Å². The fourth-order valence-corrected chi connectivity index (χ4v) is 4.03. The minimum atomic E-state index is -0.205. The summed E-state index contributed by atoms with van der Waals surface area (Å²) in [4.78, 5) is 17.2. The van der Waals surface area contributed by atoms with Crippen LogP contribution >= 0.6 is 11.8 Å². The van der Waals surface area contributed by atoms with Crippen LogP contribution in [0.2, 0.25) is 0 Å². The Morgan fingerprint density at radius 3 is 2.71 bits per heavy atom. The van der Waals surface area contributed by atoms with Crippen molar-refractivity contribution in [3.05, 3.63) is 48.0 Å². The third-order valence-corrected chi connectivity index (χ3v) is 5.53. The molecule has 0 spiro atoms. The lowest BCUT2D eigenvalue weighted by Crippen LogP contribution is -2.28. The number of aromatic nitrogens is 2. The van der Waals surface area contributed by atoms with Gasteiger partial charge in [0.25, 0.3) is 0 Å². The van der Waals surface area contributed by atoms with Crippen molar-refractivity contribution < 1.29 is 14.3 Å². The van der Waals surface area contributed by atoms with Crippen LogP contribution < -0.4 is 14.8 Å². The number of thioether (sulfide) groups is 1. The second-order valence-corrected chi connectivity index (χ2v) is 7.26. The molecule has 3 aromatic rings. The van der Waals surface area contributed by atoms with Crippen LogP contribution in [-0.4, -0.2) is 35.4 Å². The number of imidazole rings is 1. The van der Waals surface area contributed by atoms with E-state index in [1.165, 1.54) is 11.8 Å². The van der Waals surface area contributed by atoms with Crippen LogP contribution in [0.3, 0.4) is 0 Å². The number of carbonyl (C=O) groups excluding carboxylic acids is 1. The Morgan fingerprint density at radius 1 is 1.21 bits per heavy atom. The van der Waals surface area contributed by atoms with E-state index in [9.17, 15) is 4.79 Å². The molecule has 0 bridgehead atoms. The van der Waals surface area contributed by atoms with Gasteiger partial charge in [0, 0.05) is 12.1 Å². The van der Waals surface area contributed by atoms with Crippen molar-refractivity contribution in [3.8, 4) is 11.5 Å². The van der Waals surface area contributed by atoms with E-state index in [2.05, 4.69) is 21.8 Å². The lowest BCUT2D eigenvalue weighted by atomic mass is 10.1. The maximum absolute atomic E-state index is 12.5. The molecule has 1 atom stereocenters. The van der Waals surface area contributed by atoms with Crippen LogP contribution in [-0.2, 0) is 11.3 Å². The number of amides is 1. The molecule has 6 nitrogen and oxygen atoms in total. The number of carbonyl (C=O) groups is 1. The zero-order chi connectivity index (χ0) is 20.1. The number of ether oxygens (including phenoxy) is 2. The van der Waals surface area contributed by atoms with E-state index in [-0.39, 0.29) is 11.9 Å². The zero-order valence-electron chi connectivity index (χ0n) is 16.6. The zero-order valence-corrected chi connectivity index (χ0v) is 17.4. The highest BCUT2D eigenvalue weighted by Gasteiger charge is 2.17. The number of benzene rings is 2. The quantitative estimate of drug-likeness (QED) is 0.579. The van der Waals surface area contributed by atoms with Crippen LogP contribution in [0.4, 0.5) is 0 Å². The summed E-state index contributed by atoms with van der Waals surface area (Å²) in [6.07, 6.45) is 0. The molecule has 0 aliphatic carbocycles. The Hall–Kier alpha value is -2.67. The van der Waals surface area contributed by atoms with Gasteiger partial charge in [0.15, 0.2) is 5.16 Å². The summed E-state index contributed by atoms with van der Waals surface area (Å²) in [5.41, 5.74) is 2.91. The summed E-state index contributed by atoms with van der Waals surface area (Å²) in [5.74, 6) is 1.67. The van der Waals surface area contributed by atoms with Gasteiger partial charge in [0.05, 0.1) is 37.0 Å². The minimum Gasteiger partial charge on any atom is -0.497 e. The molecular formula is C21H25N3O3S. The largest absolute Gasteiger partial charge is 0.497 e. The normalized spacial score (nSPS) is 12.0. The van der Waals surface area contributed by atoms with E-state index in [1.807, 2.05) is 49.4 Å². The molecule has 1 heterocycles. The van der Waals surface area contributed by atoms with Crippen LogP contribution in [0.5, 0.6) is 11.5 Å². The first-order valence-corrected chi connectivity index (χ1v) is 10.1. The van der Waals surface area contributed by atoms with Crippen molar-refractivity contribution >= 4 is 28.7 Å². The average Bonchev–Trinajstić information content (AvgIpc) is 3.09. The topological polar surface area (TPSA) is 65.4 Å². The van der Waals surface area contributed by atoms with E-state index in [1.54, 1.807) is 14.2 Å². The van der Waals surface area contributed by atoms with Crippen molar-refractivity contribution in [1.82, 2.24) is 14.9 Å². The molecule has 0 aliphatic heterocycles. The van der Waals surface area contributed by atoms with E-state index in [0.717, 1.165) is 34.0 Å². The van der Waals surface area contributed by atoms with Gasteiger partial charge in [-0.15, -0.1) is 0 Å². The van der Waals surface area contributed by atoms with E-state index >= 15 is 0 Å². The molecule has 0 aliphatic rings. The van der Waals surface area contributed by atoms with Crippen molar-refractivity contribution in [1.29, 1.82) is 0 Å². The Kier molecular flexibility index (Phi) is 6.46. The Labute approximate surface area is 169 Å². The molecule has 1 amide bonds. The first kappa shape index (κ1) is 20.1. The van der Waals surface area contributed by atoms with Gasteiger partial charge in [-0.2, -0.15) is 0 Å². The third kappa shape index (κ3) is 4.25. The standard InChI is InChI=1S/C21H25N3O3S/c1-5-24-18-9-7-6-8-17(18)23-21(24)28-13-20(25)22-14(2)16-12-15(26-3)10-11-19(16)27-4/h6-12,14H,5,13H2,1-4H3,(H,22,25). The molecule has 1 aromatic heterocycles. The van der Waals surface area contributed by atoms with Gasteiger partial charge in [-0.05, 0) is 44.2 Å². The lowest BCUT2D eigenvalue weighted by molar-refractivity contribution is -0.119. The molecule has 2 aromatic carbocycles. The summed E-state index contributed by atoms with van der Waals surface area (Å²) < 4.78 is 12.8. The molecule has 28 heavy (non-hydrogen) atoms. The van der Waals surface area contributed by atoms with Crippen LogP contribution in [0.25, 0.3) is 11.0 Å².